The molecule has 2 rings (SSSR count). The Morgan fingerprint density at radius 1 is 0.656 bits per heavy atom. The Morgan fingerprint density at radius 3 is 1.25 bits per heavy atom. The summed E-state index contributed by atoms with van der Waals surface area (Å²) in [5, 5.41) is 9.36. The Labute approximate surface area is 221 Å². The van der Waals surface area contributed by atoms with E-state index in [-0.39, 0.29) is 65.6 Å². The van der Waals surface area contributed by atoms with Gasteiger partial charge in [0.15, 0.2) is 0 Å². The minimum absolute atomic E-state index is 0. The van der Waals surface area contributed by atoms with Gasteiger partial charge in [0.25, 0.3) is 0 Å². The molecule has 2 aromatic rings. The van der Waals surface area contributed by atoms with Crippen molar-refractivity contribution >= 4 is 61.3 Å². The summed E-state index contributed by atoms with van der Waals surface area (Å²) in [6.07, 6.45) is -0.433. The van der Waals surface area contributed by atoms with Gasteiger partial charge in [0, 0.05) is 19.6 Å². The fraction of sp³-hybridized carbons (Fsp3) is 0.400. The van der Waals surface area contributed by atoms with Gasteiger partial charge < -0.3 is 33.8 Å². The maximum Gasteiger partial charge on any atom is 2.00 e. The Morgan fingerprint density at radius 2 is 0.969 bits per heavy atom. The van der Waals surface area contributed by atoms with Crippen LogP contribution in [0.2, 0.25) is 0 Å². The van der Waals surface area contributed by atoms with Gasteiger partial charge in [-0.1, -0.05) is 63.7 Å². The van der Waals surface area contributed by atoms with Gasteiger partial charge >= 0.3 is 46.1 Å². The zero-order valence-electron chi connectivity index (χ0n) is 17.9. The summed E-state index contributed by atoms with van der Waals surface area (Å²) in [7, 11) is -9.02. The van der Waals surface area contributed by atoms with Crippen LogP contribution in [0.3, 0.4) is 0 Å². The number of aliphatic hydroxyl groups is 1. The van der Waals surface area contributed by atoms with Gasteiger partial charge in [0.05, 0.1) is 6.61 Å². The Balaban J connectivity index is 0.00000480. The van der Waals surface area contributed by atoms with Crippen molar-refractivity contribution in [1.29, 1.82) is 0 Å². The van der Waals surface area contributed by atoms with Crippen LogP contribution in [-0.2, 0) is 35.1 Å². The molecule has 0 atom stereocenters. The van der Waals surface area contributed by atoms with Gasteiger partial charge in [0.1, 0.15) is 0 Å². The van der Waals surface area contributed by atoms with Gasteiger partial charge in [-0.05, 0) is 47.4 Å². The molecule has 0 fully saturated rings. The molecule has 0 aliphatic carbocycles. The van der Waals surface area contributed by atoms with E-state index in [2.05, 4.69) is 0 Å². The summed E-state index contributed by atoms with van der Waals surface area (Å²) in [5.74, 6) is 0. The van der Waals surface area contributed by atoms with Gasteiger partial charge in [-0.25, -0.2) is 0 Å². The molecule has 0 radical (unpaired) electrons. The van der Waals surface area contributed by atoms with Gasteiger partial charge in [-0.3, -0.25) is 4.90 Å². The van der Waals surface area contributed by atoms with Crippen molar-refractivity contribution in [2.24, 2.45) is 0 Å². The number of hydrogen-bond acceptors (Lipinski definition) is 8. The normalized spacial score (nSPS) is 11.7. The summed E-state index contributed by atoms with van der Waals surface area (Å²) in [6, 6.07) is 14.6. The molecule has 0 unspecified atom stereocenters. The average molecular weight is 502 g/mol. The Kier molecular flexibility index (Phi) is 15.3. The van der Waals surface area contributed by atoms with Crippen molar-refractivity contribution in [1.82, 2.24) is 4.90 Å². The minimum atomic E-state index is -4.51. The standard InChI is InChI=1S/C20H29NO7P2.2Mg/c22-12-11-21(15-19-5-1-17(2-6-19)9-13-29(23,24)25)16-20-7-3-18(4-8-20)10-14-30(26,27)28;;/h1-8,22H,9-16H2,(H2,23,24,25)(H2,26,27,28);;/q;2*+2/p-4. The molecule has 0 aromatic heterocycles. The Hall–Kier alpha value is 0.192. The van der Waals surface area contributed by atoms with E-state index in [1.807, 2.05) is 29.2 Å². The maximum atomic E-state index is 10.8. The van der Waals surface area contributed by atoms with E-state index in [0.29, 0.717) is 19.6 Å². The van der Waals surface area contributed by atoms with E-state index in [4.69, 9.17) is 0 Å². The molecule has 32 heavy (non-hydrogen) atoms. The van der Waals surface area contributed by atoms with E-state index in [1.54, 1.807) is 24.3 Å². The van der Waals surface area contributed by atoms with E-state index in [0.717, 1.165) is 22.3 Å². The van der Waals surface area contributed by atoms with Crippen LogP contribution in [0.1, 0.15) is 22.3 Å². The van der Waals surface area contributed by atoms with Crippen LogP contribution in [0.4, 0.5) is 0 Å². The van der Waals surface area contributed by atoms with Crippen molar-refractivity contribution in [2.75, 3.05) is 25.5 Å². The molecule has 0 saturated heterocycles. The predicted octanol–water partition coefficient (Wildman–Crippen LogP) is -1.17. The van der Waals surface area contributed by atoms with Crippen molar-refractivity contribution in [2.45, 2.75) is 25.9 Å². The summed E-state index contributed by atoms with van der Waals surface area (Å²) >= 11 is 0. The molecule has 0 aliphatic heterocycles. The molecule has 12 heteroatoms. The third-order valence-corrected chi connectivity index (χ3v) is 6.17. The van der Waals surface area contributed by atoms with Crippen LogP contribution in [0.25, 0.3) is 0 Å². The zero-order valence-corrected chi connectivity index (χ0v) is 22.5. The number of benzene rings is 2. The average Bonchev–Trinajstić information content (AvgIpc) is 2.66. The summed E-state index contributed by atoms with van der Waals surface area (Å²) in [5.41, 5.74) is 3.52. The first-order valence-electron chi connectivity index (χ1n) is 9.55. The summed E-state index contributed by atoms with van der Waals surface area (Å²) in [6.45, 7) is 1.58. The maximum absolute atomic E-state index is 10.8. The fourth-order valence-corrected chi connectivity index (χ4v) is 4.09. The van der Waals surface area contributed by atoms with Crippen LogP contribution in [0, 0.1) is 0 Å². The van der Waals surface area contributed by atoms with Crippen molar-refractivity contribution < 1.29 is 33.8 Å². The zero-order chi connectivity index (χ0) is 22.2. The van der Waals surface area contributed by atoms with Crippen molar-refractivity contribution in [3.63, 3.8) is 0 Å². The third kappa shape index (κ3) is 13.8. The first-order chi connectivity index (χ1) is 14.0. The molecule has 0 spiro atoms. The van der Waals surface area contributed by atoms with Gasteiger partial charge in [0.2, 0.25) is 0 Å². The molecule has 0 amide bonds. The van der Waals surface area contributed by atoms with Gasteiger partial charge in [-0.15, -0.1) is 0 Å². The molecular formula is C20H25Mg2NO7P2. The molecule has 166 valence electrons. The van der Waals surface area contributed by atoms with Crippen LogP contribution in [0.15, 0.2) is 48.5 Å². The minimum Gasteiger partial charge on any atom is -0.811 e. The molecule has 0 saturated carbocycles. The van der Waals surface area contributed by atoms with Crippen LogP contribution in [0.5, 0.6) is 0 Å². The third-order valence-electron chi connectivity index (χ3n) is 4.62. The molecule has 0 bridgehead atoms. The molecule has 0 heterocycles. The summed E-state index contributed by atoms with van der Waals surface area (Å²) in [4.78, 5) is 45.1. The number of rotatable bonds is 12. The number of hydrogen-bond donors (Lipinski definition) is 1. The topological polar surface area (TPSA) is 150 Å². The first kappa shape index (κ1) is 32.2. The van der Waals surface area contributed by atoms with Crippen LogP contribution >= 0.6 is 15.2 Å². The molecular weight excluding hydrogens is 477 g/mol. The van der Waals surface area contributed by atoms with E-state index >= 15 is 0 Å². The number of nitrogens with zero attached hydrogens (tertiary/aromatic N) is 1. The second-order valence-electron chi connectivity index (χ2n) is 7.24. The molecule has 2 aromatic carbocycles. The smallest absolute Gasteiger partial charge is 0.811 e. The van der Waals surface area contributed by atoms with Crippen LogP contribution < -0.4 is 19.6 Å². The SMILES string of the molecule is O=P([O-])([O-])CCc1ccc(CN(CCO)Cc2ccc(CCP(=O)([O-])[O-])cc2)cc1.[Mg+2].[Mg+2]. The van der Waals surface area contributed by atoms with Crippen molar-refractivity contribution in [3.8, 4) is 0 Å². The van der Waals surface area contributed by atoms with Gasteiger partial charge in [-0.2, -0.15) is 0 Å². The fourth-order valence-electron chi connectivity index (χ4n) is 3.03. The second kappa shape index (κ2) is 15.2. The quantitative estimate of drug-likeness (QED) is 0.282. The van der Waals surface area contributed by atoms with E-state index < -0.39 is 27.5 Å². The second-order valence-corrected chi connectivity index (χ2v) is 10.6. The molecule has 1 N–H and O–H groups in total. The van der Waals surface area contributed by atoms with E-state index in [1.165, 1.54) is 0 Å². The Bertz CT molecular complexity index is 814. The number of aliphatic hydroxyl groups excluding tert-OH is 1. The molecule has 8 nitrogen and oxygen atoms in total. The van der Waals surface area contributed by atoms with Crippen molar-refractivity contribution in [3.05, 3.63) is 70.8 Å². The predicted molar refractivity (Wildman–Crippen MR) is 118 cm³/mol. The largest absolute Gasteiger partial charge is 2.00 e. The molecule has 0 aliphatic rings. The monoisotopic (exact) mass is 501 g/mol. The van der Waals surface area contributed by atoms with Crippen LogP contribution in [-0.4, -0.2) is 81.6 Å². The summed E-state index contributed by atoms with van der Waals surface area (Å²) < 4.78 is 21.5. The number of aryl methyl sites for hydroxylation is 2. The van der Waals surface area contributed by atoms with E-state index in [9.17, 15) is 33.8 Å². The first-order valence-corrected chi connectivity index (χ1v) is 13.0.